The molecule has 1 aromatic rings. The first-order chi connectivity index (χ1) is 6.72. The topological polar surface area (TPSA) is 40.9 Å². The van der Waals surface area contributed by atoms with Crippen molar-refractivity contribution in [3.05, 3.63) is 21.4 Å². The lowest BCUT2D eigenvalue weighted by molar-refractivity contribution is 0.0960. The molecule has 0 spiro atoms. The Balaban J connectivity index is 2.26. The number of hydrogen-bond donors (Lipinski definition) is 0. The van der Waals surface area contributed by atoms with E-state index in [2.05, 4.69) is 0 Å². The van der Waals surface area contributed by atoms with E-state index < -0.39 is 5.92 Å². The molecule has 2 nitrogen and oxygen atoms in total. The van der Waals surface area contributed by atoms with E-state index in [0.29, 0.717) is 0 Å². The Morgan fingerprint density at radius 1 is 1.64 bits per heavy atom. The molecular formula is C11H11NOS. The molecule has 0 aromatic carbocycles. The van der Waals surface area contributed by atoms with Gasteiger partial charge in [0.1, 0.15) is 5.92 Å². The zero-order valence-corrected chi connectivity index (χ0v) is 8.86. The van der Waals surface area contributed by atoms with Gasteiger partial charge in [-0.1, -0.05) is 0 Å². The summed E-state index contributed by atoms with van der Waals surface area (Å²) in [6.45, 7) is 1.66. The largest absolute Gasteiger partial charge is 0.292 e. The monoisotopic (exact) mass is 205 g/mol. The van der Waals surface area contributed by atoms with Gasteiger partial charge in [0.2, 0.25) is 0 Å². The van der Waals surface area contributed by atoms with Gasteiger partial charge in [0, 0.05) is 4.88 Å². The first-order valence-corrected chi connectivity index (χ1v) is 5.59. The van der Waals surface area contributed by atoms with Crippen LogP contribution in [-0.2, 0) is 12.8 Å². The smallest absolute Gasteiger partial charge is 0.189 e. The van der Waals surface area contributed by atoms with Crippen molar-refractivity contribution in [1.29, 1.82) is 5.26 Å². The van der Waals surface area contributed by atoms with E-state index in [1.807, 2.05) is 12.1 Å². The molecule has 0 aliphatic heterocycles. The van der Waals surface area contributed by atoms with E-state index in [-0.39, 0.29) is 5.78 Å². The van der Waals surface area contributed by atoms with Crippen LogP contribution in [0.15, 0.2) is 6.07 Å². The molecule has 0 fully saturated rings. The number of aryl methyl sites for hydroxylation is 2. The Kier molecular flexibility index (Phi) is 2.39. The standard InChI is InChI=1S/C11H11NOS/c1-7(6-12)11(13)10-5-8-3-2-4-9(8)14-10/h5,7H,2-4H2,1H3. The molecule has 2 rings (SSSR count). The molecular weight excluding hydrogens is 194 g/mol. The predicted octanol–water partition coefficient (Wildman–Crippen LogP) is 2.58. The van der Waals surface area contributed by atoms with E-state index in [9.17, 15) is 4.79 Å². The average Bonchev–Trinajstić information content (AvgIpc) is 2.74. The molecule has 0 amide bonds. The van der Waals surface area contributed by atoms with Crippen molar-refractivity contribution >= 4 is 17.1 Å². The van der Waals surface area contributed by atoms with E-state index in [1.54, 1.807) is 18.3 Å². The molecule has 3 heteroatoms. The first kappa shape index (κ1) is 9.42. The fourth-order valence-electron chi connectivity index (χ4n) is 1.72. The molecule has 1 heterocycles. The molecule has 0 radical (unpaired) electrons. The summed E-state index contributed by atoms with van der Waals surface area (Å²) in [7, 11) is 0. The zero-order chi connectivity index (χ0) is 10.1. The number of nitrogens with zero attached hydrogens (tertiary/aromatic N) is 1. The summed E-state index contributed by atoms with van der Waals surface area (Å²) in [5.41, 5.74) is 1.32. The van der Waals surface area contributed by atoms with E-state index in [0.717, 1.165) is 17.7 Å². The fourth-order valence-corrected chi connectivity index (χ4v) is 3.00. The minimum Gasteiger partial charge on any atom is -0.292 e. The van der Waals surface area contributed by atoms with Gasteiger partial charge in [-0.15, -0.1) is 11.3 Å². The van der Waals surface area contributed by atoms with Crippen molar-refractivity contribution in [2.75, 3.05) is 0 Å². The summed E-state index contributed by atoms with van der Waals surface area (Å²) in [5, 5.41) is 8.65. The van der Waals surface area contributed by atoms with Crippen molar-refractivity contribution in [2.45, 2.75) is 26.2 Å². The molecule has 1 aliphatic carbocycles. The van der Waals surface area contributed by atoms with Gasteiger partial charge in [0.05, 0.1) is 10.9 Å². The Labute approximate surface area is 87.2 Å². The summed E-state index contributed by atoms with van der Waals surface area (Å²) >= 11 is 1.57. The van der Waals surface area contributed by atoms with Crippen LogP contribution in [0.2, 0.25) is 0 Å². The molecule has 0 saturated heterocycles. The highest BCUT2D eigenvalue weighted by molar-refractivity contribution is 7.14. The van der Waals surface area contributed by atoms with Crippen LogP contribution in [0.25, 0.3) is 0 Å². The number of fused-ring (bicyclic) bond motifs is 1. The van der Waals surface area contributed by atoms with Gasteiger partial charge in [0.25, 0.3) is 0 Å². The highest BCUT2D eigenvalue weighted by Gasteiger charge is 2.21. The molecule has 0 bridgehead atoms. The number of Topliss-reactive ketones (excluding diaryl/α,β-unsaturated/α-hetero) is 1. The van der Waals surface area contributed by atoms with Crippen molar-refractivity contribution in [1.82, 2.24) is 0 Å². The molecule has 0 N–H and O–H groups in total. The maximum absolute atomic E-state index is 11.7. The van der Waals surface area contributed by atoms with Gasteiger partial charge in [-0.3, -0.25) is 4.79 Å². The summed E-state index contributed by atoms with van der Waals surface area (Å²) in [6, 6.07) is 3.96. The lowest BCUT2D eigenvalue weighted by Gasteiger charge is -1.97. The minimum atomic E-state index is -0.506. The third kappa shape index (κ3) is 1.46. The predicted molar refractivity (Wildman–Crippen MR) is 55.5 cm³/mol. The molecule has 14 heavy (non-hydrogen) atoms. The van der Waals surface area contributed by atoms with Crippen molar-refractivity contribution in [2.24, 2.45) is 5.92 Å². The fraction of sp³-hybridized carbons (Fsp3) is 0.455. The van der Waals surface area contributed by atoms with Crippen LogP contribution in [0.5, 0.6) is 0 Å². The number of thiophene rings is 1. The summed E-state index contributed by atoms with van der Waals surface area (Å²) < 4.78 is 0. The van der Waals surface area contributed by atoms with Crippen LogP contribution in [-0.4, -0.2) is 5.78 Å². The number of rotatable bonds is 2. The van der Waals surface area contributed by atoms with Crippen molar-refractivity contribution in [3.8, 4) is 6.07 Å². The van der Waals surface area contributed by atoms with Crippen LogP contribution in [0.4, 0.5) is 0 Å². The SMILES string of the molecule is CC(C#N)C(=O)c1cc2c(s1)CCC2. The molecule has 72 valence electrons. The van der Waals surface area contributed by atoms with Gasteiger partial charge < -0.3 is 0 Å². The molecule has 1 aromatic heterocycles. The third-order valence-corrected chi connectivity index (χ3v) is 3.83. The van der Waals surface area contributed by atoms with Crippen LogP contribution in [0.3, 0.4) is 0 Å². The summed E-state index contributed by atoms with van der Waals surface area (Å²) in [4.78, 5) is 13.8. The van der Waals surface area contributed by atoms with Crippen LogP contribution >= 0.6 is 11.3 Å². The Morgan fingerprint density at radius 3 is 3.07 bits per heavy atom. The van der Waals surface area contributed by atoms with E-state index in [1.165, 1.54) is 16.9 Å². The van der Waals surface area contributed by atoms with Crippen LogP contribution in [0, 0.1) is 17.2 Å². The minimum absolute atomic E-state index is 0.0214. The quantitative estimate of drug-likeness (QED) is 0.696. The second-order valence-electron chi connectivity index (χ2n) is 3.63. The van der Waals surface area contributed by atoms with Crippen molar-refractivity contribution in [3.63, 3.8) is 0 Å². The van der Waals surface area contributed by atoms with Gasteiger partial charge in [-0.05, 0) is 37.8 Å². The Bertz CT molecular complexity index is 392. The normalized spacial score (nSPS) is 16.0. The number of hydrogen-bond acceptors (Lipinski definition) is 3. The first-order valence-electron chi connectivity index (χ1n) is 4.78. The maximum Gasteiger partial charge on any atom is 0.189 e. The number of carbonyl (C=O) groups is 1. The highest BCUT2D eigenvalue weighted by Crippen LogP contribution is 2.31. The van der Waals surface area contributed by atoms with Gasteiger partial charge in [0.15, 0.2) is 5.78 Å². The van der Waals surface area contributed by atoms with Gasteiger partial charge in [-0.2, -0.15) is 5.26 Å². The highest BCUT2D eigenvalue weighted by atomic mass is 32.1. The van der Waals surface area contributed by atoms with E-state index in [4.69, 9.17) is 5.26 Å². The van der Waals surface area contributed by atoms with Crippen LogP contribution < -0.4 is 0 Å². The number of nitriles is 1. The number of carbonyl (C=O) groups excluding carboxylic acids is 1. The second-order valence-corrected chi connectivity index (χ2v) is 4.76. The molecule has 1 aliphatic rings. The third-order valence-electron chi connectivity index (χ3n) is 2.58. The molecule has 0 saturated carbocycles. The van der Waals surface area contributed by atoms with E-state index >= 15 is 0 Å². The van der Waals surface area contributed by atoms with Crippen LogP contribution in [0.1, 0.15) is 33.5 Å². The van der Waals surface area contributed by atoms with Gasteiger partial charge >= 0.3 is 0 Å². The lowest BCUT2D eigenvalue weighted by atomic mass is 10.1. The summed E-state index contributed by atoms with van der Waals surface area (Å²) in [5.74, 6) is -0.527. The second kappa shape index (κ2) is 3.55. The zero-order valence-electron chi connectivity index (χ0n) is 8.04. The number of ketones is 1. The average molecular weight is 205 g/mol. The summed E-state index contributed by atoms with van der Waals surface area (Å²) in [6.07, 6.45) is 3.41. The van der Waals surface area contributed by atoms with Gasteiger partial charge in [-0.25, -0.2) is 0 Å². The Morgan fingerprint density at radius 2 is 2.43 bits per heavy atom. The lowest BCUT2D eigenvalue weighted by Crippen LogP contribution is -2.06. The molecule has 1 unspecified atom stereocenters. The maximum atomic E-state index is 11.7. The Hall–Kier alpha value is -1.14. The molecule has 1 atom stereocenters. The van der Waals surface area contributed by atoms with Crippen molar-refractivity contribution < 1.29 is 4.79 Å².